The summed E-state index contributed by atoms with van der Waals surface area (Å²) in [5.41, 5.74) is 0.646. The Morgan fingerprint density at radius 2 is 1.69 bits per heavy atom. The van der Waals surface area contributed by atoms with Crippen molar-refractivity contribution in [1.29, 1.82) is 0 Å². The Balaban J connectivity index is 2.77. The van der Waals surface area contributed by atoms with Crippen molar-refractivity contribution in [1.82, 2.24) is 0 Å². The van der Waals surface area contributed by atoms with E-state index < -0.39 is 16.6 Å². The molecule has 0 aliphatic carbocycles. The second kappa shape index (κ2) is 4.85. The van der Waals surface area contributed by atoms with Crippen molar-refractivity contribution in [2.24, 2.45) is 0 Å². The third-order valence-electron chi connectivity index (χ3n) is 1.90. The van der Waals surface area contributed by atoms with Crippen molar-refractivity contribution >= 4 is 27.3 Å². The van der Waals surface area contributed by atoms with Crippen LogP contribution in [0, 0.1) is 0 Å². The molecule has 16 heavy (non-hydrogen) atoms. The Morgan fingerprint density at radius 3 is 2.06 bits per heavy atom. The van der Waals surface area contributed by atoms with Gasteiger partial charge >= 0.3 is 7.60 Å². The molecule has 1 aromatic carbocycles. The maximum atomic E-state index is 10.9. The van der Waals surface area contributed by atoms with Gasteiger partial charge in [0.1, 0.15) is 0 Å². The van der Waals surface area contributed by atoms with Gasteiger partial charge in [0.25, 0.3) is 9.05 Å². The largest absolute Gasteiger partial charge is 0.325 e. The lowest BCUT2D eigenvalue weighted by Crippen LogP contribution is -1.95. The molecule has 5 nitrogen and oxygen atoms in total. The maximum absolute atomic E-state index is 10.9. The topological polar surface area (TPSA) is 91.7 Å². The molecule has 0 aliphatic heterocycles. The molecule has 0 aliphatic rings. The number of hydrogen-bond acceptors (Lipinski definition) is 3. The molecule has 0 heterocycles. The molecule has 1 rings (SSSR count). The summed E-state index contributed by atoms with van der Waals surface area (Å²) < 4.78 is 32.4. The molecule has 0 saturated carbocycles. The SMILES string of the molecule is O=P(O)(O)CCc1ccc(S(=O)(=O)Cl)cc1. The molecular weight excluding hydrogens is 275 g/mol. The molecule has 0 spiro atoms. The van der Waals surface area contributed by atoms with Crippen LogP contribution in [0.15, 0.2) is 29.2 Å². The summed E-state index contributed by atoms with van der Waals surface area (Å²) in [5, 5.41) is 0. The molecule has 0 saturated heterocycles. The minimum Gasteiger partial charge on any atom is -0.324 e. The Bertz CT molecular complexity index is 504. The van der Waals surface area contributed by atoms with Crippen LogP contribution in [-0.4, -0.2) is 24.4 Å². The van der Waals surface area contributed by atoms with E-state index in [9.17, 15) is 13.0 Å². The number of rotatable bonds is 4. The summed E-state index contributed by atoms with van der Waals surface area (Å²) in [5.74, 6) is 0. The normalized spacial score (nSPS) is 12.7. The van der Waals surface area contributed by atoms with Crippen LogP contribution in [0.25, 0.3) is 0 Å². The van der Waals surface area contributed by atoms with E-state index in [1.165, 1.54) is 24.3 Å². The fourth-order valence-electron chi connectivity index (χ4n) is 1.09. The smallest absolute Gasteiger partial charge is 0.324 e. The van der Waals surface area contributed by atoms with E-state index in [0.29, 0.717) is 5.56 Å². The van der Waals surface area contributed by atoms with Gasteiger partial charge in [0.2, 0.25) is 0 Å². The zero-order valence-corrected chi connectivity index (χ0v) is 10.5. The summed E-state index contributed by atoms with van der Waals surface area (Å²) in [6, 6.07) is 5.56. The van der Waals surface area contributed by atoms with Gasteiger partial charge in [-0.05, 0) is 24.1 Å². The number of aryl methyl sites for hydroxylation is 1. The average Bonchev–Trinajstić information content (AvgIpc) is 2.13. The van der Waals surface area contributed by atoms with Crippen molar-refractivity contribution in [2.45, 2.75) is 11.3 Å². The summed E-state index contributed by atoms with van der Waals surface area (Å²) in [7, 11) is -2.66. The summed E-state index contributed by atoms with van der Waals surface area (Å²) in [6.07, 6.45) is -0.0765. The lowest BCUT2D eigenvalue weighted by atomic mass is 10.2. The van der Waals surface area contributed by atoms with Crippen molar-refractivity contribution in [3.8, 4) is 0 Å². The van der Waals surface area contributed by atoms with Crippen LogP contribution >= 0.6 is 18.3 Å². The fourth-order valence-corrected chi connectivity index (χ4v) is 2.41. The first-order valence-corrected chi connectivity index (χ1v) is 8.37. The van der Waals surface area contributed by atoms with Gasteiger partial charge in [0.15, 0.2) is 0 Å². The Morgan fingerprint density at radius 1 is 1.19 bits per heavy atom. The molecule has 0 unspecified atom stereocenters. The average molecular weight is 285 g/mol. The monoisotopic (exact) mass is 284 g/mol. The van der Waals surface area contributed by atoms with Gasteiger partial charge in [0, 0.05) is 10.7 Å². The summed E-state index contributed by atoms with van der Waals surface area (Å²) in [6.45, 7) is 0. The zero-order valence-electron chi connectivity index (χ0n) is 8.08. The van der Waals surface area contributed by atoms with Gasteiger partial charge < -0.3 is 9.79 Å². The van der Waals surface area contributed by atoms with Gasteiger partial charge in [0.05, 0.1) is 11.1 Å². The van der Waals surface area contributed by atoms with E-state index in [-0.39, 0.29) is 17.5 Å². The molecule has 90 valence electrons. The van der Waals surface area contributed by atoms with Gasteiger partial charge in [-0.2, -0.15) is 0 Å². The maximum Gasteiger partial charge on any atom is 0.325 e. The van der Waals surface area contributed by atoms with E-state index in [1.807, 2.05) is 0 Å². The van der Waals surface area contributed by atoms with E-state index in [4.69, 9.17) is 20.5 Å². The minimum absolute atomic E-state index is 0.0332. The highest BCUT2D eigenvalue weighted by Crippen LogP contribution is 2.34. The lowest BCUT2D eigenvalue weighted by Gasteiger charge is -2.04. The van der Waals surface area contributed by atoms with Gasteiger partial charge in [-0.3, -0.25) is 4.57 Å². The second-order valence-corrected chi connectivity index (χ2v) is 7.56. The first-order chi connectivity index (χ1) is 7.18. The molecule has 0 amide bonds. The highest BCUT2D eigenvalue weighted by atomic mass is 35.7. The molecule has 1 aromatic rings. The number of hydrogen-bond donors (Lipinski definition) is 2. The molecule has 8 heteroatoms. The van der Waals surface area contributed by atoms with Gasteiger partial charge in [-0.1, -0.05) is 12.1 Å². The Kier molecular flexibility index (Phi) is 4.15. The molecule has 0 fully saturated rings. The molecular formula is C8H10ClO5PS. The third kappa shape index (κ3) is 4.63. The highest BCUT2D eigenvalue weighted by Gasteiger charge is 2.13. The minimum atomic E-state index is -4.02. The summed E-state index contributed by atoms with van der Waals surface area (Å²) >= 11 is 0. The van der Waals surface area contributed by atoms with Crippen LogP contribution in [0.3, 0.4) is 0 Å². The second-order valence-electron chi connectivity index (χ2n) is 3.22. The molecule has 0 bridgehead atoms. The molecule has 0 atom stereocenters. The van der Waals surface area contributed by atoms with Crippen LogP contribution in [0.5, 0.6) is 0 Å². The molecule has 0 aromatic heterocycles. The van der Waals surface area contributed by atoms with E-state index >= 15 is 0 Å². The highest BCUT2D eigenvalue weighted by molar-refractivity contribution is 8.13. The van der Waals surface area contributed by atoms with Crippen LogP contribution in [0.4, 0.5) is 0 Å². The Labute approximate surface area is 97.6 Å². The van der Waals surface area contributed by atoms with E-state index in [2.05, 4.69) is 0 Å². The van der Waals surface area contributed by atoms with Gasteiger partial charge in [-0.15, -0.1) is 0 Å². The third-order valence-corrected chi connectivity index (χ3v) is 4.07. The predicted octanol–water partition coefficient (Wildman–Crippen LogP) is 1.33. The first-order valence-electron chi connectivity index (χ1n) is 4.27. The standard InChI is InChI=1S/C8H10ClO5PS/c9-16(13,14)8-3-1-7(2-4-8)5-6-15(10,11)12/h1-4H,5-6H2,(H2,10,11,12). The van der Waals surface area contributed by atoms with Crippen molar-refractivity contribution in [3.05, 3.63) is 29.8 Å². The first kappa shape index (κ1) is 13.7. The van der Waals surface area contributed by atoms with Crippen LogP contribution in [-0.2, 0) is 20.0 Å². The fraction of sp³-hybridized carbons (Fsp3) is 0.250. The quantitative estimate of drug-likeness (QED) is 0.643. The van der Waals surface area contributed by atoms with Crippen LogP contribution in [0.1, 0.15) is 5.56 Å². The molecule has 0 radical (unpaired) electrons. The van der Waals surface area contributed by atoms with E-state index in [1.54, 1.807) is 0 Å². The van der Waals surface area contributed by atoms with Gasteiger partial charge in [-0.25, -0.2) is 8.42 Å². The van der Waals surface area contributed by atoms with E-state index in [0.717, 1.165) is 0 Å². The van der Waals surface area contributed by atoms with Crippen molar-refractivity contribution in [3.63, 3.8) is 0 Å². The predicted molar refractivity (Wildman–Crippen MR) is 60.1 cm³/mol. The number of halogens is 1. The van der Waals surface area contributed by atoms with Crippen molar-refractivity contribution < 1.29 is 22.8 Å². The van der Waals surface area contributed by atoms with Crippen LogP contribution in [0.2, 0.25) is 0 Å². The summed E-state index contributed by atoms with van der Waals surface area (Å²) in [4.78, 5) is 17.3. The Hall–Kier alpha value is -0.390. The van der Waals surface area contributed by atoms with Crippen molar-refractivity contribution in [2.75, 3.05) is 6.16 Å². The van der Waals surface area contributed by atoms with Crippen LogP contribution < -0.4 is 0 Å². The lowest BCUT2D eigenvalue weighted by molar-refractivity contribution is 0.373. The molecule has 2 N–H and O–H groups in total. The number of benzene rings is 1. The zero-order chi connectivity index (χ0) is 12.4.